The average molecular weight is 419 g/mol. The van der Waals surface area contributed by atoms with Crippen molar-refractivity contribution in [2.45, 2.75) is 13.8 Å². The van der Waals surface area contributed by atoms with Crippen molar-refractivity contribution in [3.63, 3.8) is 0 Å². The molecule has 8 nitrogen and oxygen atoms in total. The summed E-state index contributed by atoms with van der Waals surface area (Å²) in [4.78, 5) is 35.8. The normalized spacial score (nSPS) is 10.3. The summed E-state index contributed by atoms with van der Waals surface area (Å²) in [5.41, 5.74) is 2.17. The van der Waals surface area contributed by atoms with Crippen molar-refractivity contribution in [2.75, 3.05) is 17.2 Å². The number of nitro benzene ring substituents is 1. The van der Waals surface area contributed by atoms with Gasteiger partial charge in [0.25, 0.3) is 11.8 Å². The number of hydrogen-bond acceptors (Lipinski definition) is 5. The SMILES string of the molecule is CCOc1ccc(C(=O)Nc2cccc(NC(=O)c3ccccc3C)c2)cc1[N+](=O)[O-]. The third kappa shape index (κ3) is 5.24. The number of carbonyl (C=O) groups excluding carboxylic acids is 2. The van der Waals surface area contributed by atoms with Gasteiger partial charge in [0, 0.05) is 28.6 Å². The Morgan fingerprint density at radius 3 is 2.26 bits per heavy atom. The van der Waals surface area contributed by atoms with Gasteiger partial charge in [0.15, 0.2) is 5.75 Å². The van der Waals surface area contributed by atoms with Crippen molar-refractivity contribution in [3.8, 4) is 5.75 Å². The van der Waals surface area contributed by atoms with Crippen molar-refractivity contribution in [1.29, 1.82) is 0 Å². The Bertz CT molecular complexity index is 1140. The van der Waals surface area contributed by atoms with E-state index in [4.69, 9.17) is 4.74 Å². The second kappa shape index (κ2) is 9.53. The fraction of sp³-hybridized carbons (Fsp3) is 0.130. The quantitative estimate of drug-likeness (QED) is 0.422. The van der Waals surface area contributed by atoms with Crippen LogP contribution in [0.5, 0.6) is 5.75 Å². The smallest absolute Gasteiger partial charge is 0.311 e. The van der Waals surface area contributed by atoms with E-state index in [2.05, 4.69) is 10.6 Å². The highest BCUT2D eigenvalue weighted by Crippen LogP contribution is 2.28. The van der Waals surface area contributed by atoms with Crippen molar-refractivity contribution in [3.05, 3.63) is 93.5 Å². The number of benzene rings is 3. The highest BCUT2D eigenvalue weighted by atomic mass is 16.6. The molecule has 0 bridgehead atoms. The van der Waals surface area contributed by atoms with Crippen LogP contribution >= 0.6 is 0 Å². The van der Waals surface area contributed by atoms with Gasteiger partial charge in [-0.1, -0.05) is 24.3 Å². The van der Waals surface area contributed by atoms with Crippen molar-refractivity contribution in [1.82, 2.24) is 0 Å². The van der Waals surface area contributed by atoms with Crippen LogP contribution in [-0.4, -0.2) is 23.3 Å². The number of carbonyl (C=O) groups is 2. The Morgan fingerprint density at radius 1 is 0.935 bits per heavy atom. The summed E-state index contributed by atoms with van der Waals surface area (Å²) in [6.07, 6.45) is 0. The summed E-state index contributed by atoms with van der Waals surface area (Å²) in [5.74, 6) is -0.679. The predicted molar refractivity (Wildman–Crippen MR) is 118 cm³/mol. The molecule has 0 fully saturated rings. The fourth-order valence-corrected chi connectivity index (χ4v) is 2.98. The fourth-order valence-electron chi connectivity index (χ4n) is 2.98. The van der Waals surface area contributed by atoms with Gasteiger partial charge in [-0.3, -0.25) is 19.7 Å². The van der Waals surface area contributed by atoms with Crippen LogP contribution in [0.15, 0.2) is 66.7 Å². The van der Waals surface area contributed by atoms with E-state index in [1.165, 1.54) is 18.2 Å². The Kier molecular flexibility index (Phi) is 6.61. The van der Waals surface area contributed by atoms with Crippen LogP contribution in [0, 0.1) is 17.0 Å². The Balaban J connectivity index is 1.76. The van der Waals surface area contributed by atoms with Gasteiger partial charge in [0.05, 0.1) is 11.5 Å². The number of anilines is 2. The van der Waals surface area contributed by atoms with Gasteiger partial charge in [-0.2, -0.15) is 0 Å². The van der Waals surface area contributed by atoms with E-state index in [0.717, 1.165) is 5.56 Å². The van der Waals surface area contributed by atoms with E-state index in [-0.39, 0.29) is 29.5 Å². The molecule has 0 unspecified atom stereocenters. The summed E-state index contributed by atoms with van der Waals surface area (Å²) < 4.78 is 5.24. The number of nitrogens with zero attached hydrogens (tertiary/aromatic N) is 1. The van der Waals surface area contributed by atoms with Crippen molar-refractivity contribution in [2.24, 2.45) is 0 Å². The summed E-state index contributed by atoms with van der Waals surface area (Å²) in [7, 11) is 0. The monoisotopic (exact) mass is 419 g/mol. The topological polar surface area (TPSA) is 111 Å². The zero-order valence-electron chi connectivity index (χ0n) is 17.0. The molecule has 0 aliphatic rings. The molecular formula is C23H21N3O5. The second-order valence-electron chi connectivity index (χ2n) is 6.68. The minimum absolute atomic E-state index is 0.102. The van der Waals surface area contributed by atoms with Gasteiger partial charge in [-0.15, -0.1) is 0 Å². The second-order valence-corrected chi connectivity index (χ2v) is 6.68. The maximum absolute atomic E-state index is 12.6. The van der Waals surface area contributed by atoms with Crippen molar-refractivity contribution >= 4 is 28.9 Å². The first-order valence-corrected chi connectivity index (χ1v) is 9.58. The lowest BCUT2D eigenvalue weighted by Crippen LogP contribution is -2.15. The third-order valence-electron chi connectivity index (χ3n) is 4.49. The van der Waals surface area contributed by atoms with Crippen LogP contribution in [0.3, 0.4) is 0 Å². The molecule has 2 N–H and O–H groups in total. The van der Waals surface area contributed by atoms with Crippen LogP contribution < -0.4 is 15.4 Å². The molecule has 0 saturated carbocycles. The maximum Gasteiger partial charge on any atom is 0.311 e. The third-order valence-corrected chi connectivity index (χ3v) is 4.49. The van der Waals surface area contributed by atoms with E-state index in [1.807, 2.05) is 19.1 Å². The zero-order chi connectivity index (χ0) is 22.4. The Hall–Kier alpha value is -4.20. The van der Waals surface area contributed by atoms with Crippen LogP contribution in [-0.2, 0) is 0 Å². The number of rotatable bonds is 7. The van der Waals surface area contributed by atoms with Crippen molar-refractivity contribution < 1.29 is 19.2 Å². The first-order chi connectivity index (χ1) is 14.9. The first-order valence-electron chi connectivity index (χ1n) is 9.58. The predicted octanol–water partition coefficient (Wildman–Crippen LogP) is 4.81. The molecule has 0 spiro atoms. The van der Waals surface area contributed by atoms with Crippen LogP contribution in [0.25, 0.3) is 0 Å². The van der Waals surface area contributed by atoms with Gasteiger partial charge < -0.3 is 15.4 Å². The highest BCUT2D eigenvalue weighted by molar-refractivity contribution is 6.07. The molecule has 31 heavy (non-hydrogen) atoms. The molecule has 0 aliphatic carbocycles. The minimum Gasteiger partial charge on any atom is -0.487 e. The molecule has 0 radical (unpaired) electrons. The van der Waals surface area contributed by atoms with Gasteiger partial charge in [0.1, 0.15) is 0 Å². The zero-order valence-corrected chi connectivity index (χ0v) is 17.0. The molecule has 3 aromatic carbocycles. The number of aryl methyl sites for hydroxylation is 1. The molecule has 0 atom stereocenters. The van der Waals surface area contributed by atoms with Gasteiger partial charge >= 0.3 is 5.69 Å². The van der Waals surface area contributed by atoms with E-state index >= 15 is 0 Å². The molecule has 3 aromatic rings. The molecule has 0 aliphatic heterocycles. The lowest BCUT2D eigenvalue weighted by Gasteiger charge is -2.11. The molecule has 0 saturated heterocycles. The maximum atomic E-state index is 12.6. The number of amides is 2. The molecule has 158 valence electrons. The van der Waals surface area contributed by atoms with Gasteiger partial charge in [-0.25, -0.2) is 0 Å². The summed E-state index contributed by atoms with van der Waals surface area (Å²) in [6.45, 7) is 3.84. The molecular weight excluding hydrogens is 398 g/mol. The highest BCUT2D eigenvalue weighted by Gasteiger charge is 2.19. The van der Waals surface area contributed by atoms with E-state index in [0.29, 0.717) is 16.9 Å². The minimum atomic E-state index is -0.594. The lowest BCUT2D eigenvalue weighted by molar-refractivity contribution is -0.385. The molecule has 0 aromatic heterocycles. The largest absolute Gasteiger partial charge is 0.487 e. The van der Waals surface area contributed by atoms with E-state index < -0.39 is 10.8 Å². The molecule has 2 amide bonds. The molecule has 3 rings (SSSR count). The lowest BCUT2D eigenvalue weighted by atomic mass is 10.1. The first kappa shape index (κ1) is 21.5. The van der Waals surface area contributed by atoms with E-state index in [9.17, 15) is 19.7 Å². The number of ether oxygens (including phenoxy) is 1. The van der Waals surface area contributed by atoms with Crippen LogP contribution in [0.2, 0.25) is 0 Å². The van der Waals surface area contributed by atoms with Crippen LogP contribution in [0.1, 0.15) is 33.2 Å². The molecule has 8 heteroatoms. The van der Waals surface area contributed by atoms with E-state index in [1.54, 1.807) is 43.3 Å². The number of nitrogens with one attached hydrogen (secondary N) is 2. The number of hydrogen-bond donors (Lipinski definition) is 2. The van der Waals surface area contributed by atoms with Gasteiger partial charge in [0.2, 0.25) is 0 Å². The summed E-state index contributed by atoms with van der Waals surface area (Å²) in [5, 5.41) is 16.8. The average Bonchev–Trinajstić information content (AvgIpc) is 2.74. The summed E-state index contributed by atoms with van der Waals surface area (Å²) >= 11 is 0. The van der Waals surface area contributed by atoms with Gasteiger partial charge in [-0.05, 0) is 55.8 Å². The standard InChI is InChI=1S/C23H21N3O5/c1-3-31-21-12-11-16(13-20(21)26(29)30)22(27)24-17-8-6-9-18(14-17)25-23(28)19-10-5-4-7-15(19)2/h4-14H,3H2,1-2H3,(H,24,27)(H,25,28). The Morgan fingerprint density at radius 2 is 1.61 bits per heavy atom. The number of nitro groups is 1. The van der Waals surface area contributed by atoms with Crippen LogP contribution in [0.4, 0.5) is 17.1 Å². The Labute approximate surface area is 179 Å². The summed E-state index contributed by atoms with van der Waals surface area (Å²) in [6, 6.07) is 17.9. The molecule has 0 heterocycles.